The number of nitrogens with zero attached hydrogens (tertiary/aromatic N) is 1. The van der Waals surface area contributed by atoms with Crippen molar-refractivity contribution >= 4 is 17.6 Å². The maximum atomic E-state index is 11.1. The number of hydrogen-bond donors (Lipinski definition) is 1. The number of aryl methyl sites for hydroxylation is 2. The van der Waals surface area contributed by atoms with Crippen LogP contribution in [0.2, 0.25) is 5.02 Å². The van der Waals surface area contributed by atoms with Crippen LogP contribution >= 0.6 is 11.6 Å². The van der Waals surface area contributed by atoms with Gasteiger partial charge in [-0.1, -0.05) is 16.8 Å². The van der Waals surface area contributed by atoms with E-state index in [-0.39, 0.29) is 11.3 Å². The Morgan fingerprint density at radius 3 is 2.65 bits per heavy atom. The molecule has 88 valence electrons. The molecule has 0 bridgehead atoms. The lowest BCUT2D eigenvalue weighted by Gasteiger charge is -2.01. The third-order valence-corrected chi connectivity index (χ3v) is 2.61. The van der Waals surface area contributed by atoms with Gasteiger partial charge in [0.2, 0.25) is 0 Å². The van der Waals surface area contributed by atoms with Gasteiger partial charge in [-0.3, -0.25) is 0 Å². The molecule has 0 aliphatic heterocycles. The molecule has 0 aliphatic carbocycles. The van der Waals surface area contributed by atoms with Crippen molar-refractivity contribution in [2.75, 3.05) is 0 Å². The number of carboxylic acids is 1. The van der Waals surface area contributed by atoms with Crippen molar-refractivity contribution in [3.05, 3.63) is 40.1 Å². The molecule has 1 heterocycles. The minimum atomic E-state index is -1.06. The highest BCUT2D eigenvalue weighted by Gasteiger charge is 2.21. The molecular formula is C12H10ClNO3. The molecule has 4 nitrogen and oxygen atoms in total. The zero-order valence-corrected chi connectivity index (χ0v) is 10.1. The Kier molecular flexibility index (Phi) is 2.90. The molecule has 1 aromatic carbocycles. The van der Waals surface area contributed by atoms with Crippen molar-refractivity contribution in [3.8, 4) is 11.3 Å². The van der Waals surface area contributed by atoms with Crippen molar-refractivity contribution in [1.29, 1.82) is 0 Å². The van der Waals surface area contributed by atoms with E-state index in [1.54, 1.807) is 19.1 Å². The van der Waals surface area contributed by atoms with Crippen molar-refractivity contribution in [2.24, 2.45) is 0 Å². The van der Waals surface area contributed by atoms with Crippen molar-refractivity contribution in [2.45, 2.75) is 13.8 Å². The third-order valence-electron chi connectivity index (χ3n) is 2.39. The highest BCUT2D eigenvalue weighted by Crippen LogP contribution is 2.28. The largest absolute Gasteiger partial charge is 0.477 e. The quantitative estimate of drug-likeness (QED) is 0.889. The number of halogens is 1. The minimum Gasteiger partial charge on any atom is -0.477 e. The summed E-state index contributed by atoms with van der Waals surface area (Å²) in [4.78, 5) is 11.1. The van der Waals surface area contributed by atoms with Crippen LogP contribution in [0.25, 0.3) is 11.3 Å². The van der Waals surface area contributed by atoms with Gasteiger partial charge in [-0.15, -0.1) is 0 Å². The van der Waals surface area contributed by atoms with E-state index in [0.717, 1.165) is 5.56 Å². The fourth-order valence-corrected chi connectivity index (χ4v) is 1.98. The molecule has 2 rings (SSSR count). The fourth-order valence-electron chi connectivity index (χ4n) is 1.69. The first-order valence-electron chi connectivity index (χ1n) is 4.96. The van der Waals surface area contributed by atoms with Crippen LogP contribution in [0.15, 0.2) is 22.7 Å². The van der Waals surface area contributed by atoms with Gasteiger partial charge >= 0.3 is 5.97 Å². The van der Waals surface area contributed by atoms with E-state index >= 15 is 0 Å². The van der Waals surface area contributed by atoms with E-state index in [4.69, 9.17) is 21.2 Å². The molecule has 0 spiro atoms. The van der Waals surface area contributed by atoms with E-state index in [1.807, 2.05) is 13.0 Å². The Hall–Kier alpha value is -1.81. The number of hydrogen-bond acceptors (Lipinski definition) is 3. The molecule has 0 atom stereocenters. The number of carbonyl (C=O) groups is 1. The molecule has 0 aliphatic rings. The molecular weight excluding hydrogens is 242 g/mol. The summed E-state index contributed by atoms with van der Waals surface area (Å²) in [6.07, 6.45) is 0. The summed E-state index contributed by atoms with van der Waals surface area (Å²) >= 11 is 5.93. The van der Waals surface area contributed by atoms with E-state index < -0.39 is 5.97 Å². The zero-order valence-electron chi connectivity index (χ0n) is 9.32. The predicted molar refractivity (Wildman–Crippen MR) is 63.4 cm³/mol. The molecule has 0 amide bonds. The third kappa shape index (κ3) is 2.17. The molecule has 1 aromatic heterocycles. The normalized spacial score (nSPS) is 10.5. The van der Waals surface area contributed by atoms with Gasteiger partial charge in [0.25, 0.3) is 0 Å². The van der Waals surface area contributed by atoms with Crippen molar-refractivity contribution in [3.63, 3.8) is 0 Å². The molecule has 0 unspecified atom stereocenters. The summed E-state index contributed by atoms with van der Waals surface area (Å²) < 4.78 is 4.92. The molecule has 1 N–H and O–H groups in total. The lowest BCUT2D eigenvalue weighted by atomic mass is 10.0. The standard InChI is InChI=1S/C12H10ClNO3/c1-6-3-8(5-9(13)4-6)11-10(12(15)16)7(2)17-14-11/h3-5H,1-2H3,(H,15,16). The van der Waals surface area contributed by atoms with Crippen LogP contribution in [0.4, 0.5) is 0 Å². The molecule has 0 radical (unpaired) electrons. The number of aromatic carboxylic acids is 1. The molecule has 17 heavy (non-hydrogen) atoms. The second-order valence-corrected chi connectivity index (χ2v) is 4.22. The predicted octanol–water partition coefficient (Wildman–Crippen LogP) is 3.31. The number of carboxylic acid groups (broad SMARTS) is 1. The topological polar surface area (TPSA) is 63.3 Å². The average molecular weight is 252 g/mol. The lowest BCUT2D eigenvalue weighted by molar-refractivity contribution is 0.0696. The Bertz CT molecular complexity index is 569. The summed E-state index contributed by atoms with van der Waals surface area (Å²) in [5.41, 5.74) is 1.96. The second kappa shape index (κ2) is 4.22. The first-order chi connectivity index (χ1) is 7.99. The van der Waals surface area contributed by atoms with Crippen LogP contribution in [0.1, 0.15) is 21.7 Å². The van der Waals surface area contributed by atoms with E-state index in [2.05, 4.69) is 5.16 Å². The molecule has 0 saturated carbocycles. The Morgan fingerprint density at radius 1 is 1.35 bits per heavy atom. The van der Waals surface area contributed by atoms with Crippen LogP contribution in [0.5, 0.6) is 0 Å². The Morgan fingerprint density at radius 2 is 2.06 bits per heavy atom. The second-order valence-electron chi connectivity index (χ2n) is 3.78. The molecule has 2 aromatic rings. The Balaban J connectivity index is 2.64. The molecule has 0 fully saturated rings. The van der Waals surface area contributed by atoms with Gasteiger partial charge in [0.05, 0.1) is 0 Å². The number of aromatic nitrogens is 1. The number of benzene rings is 1. The van der Waals surface area contributed by atoms with Crippen LogP contribution in [-0.2, 0) is 0 Å². The van der Waals surface area contributed by atoms with E-state index in [1.165, 1.54) is 0 Å². The Labute approximate surface area is 103 Å². The monoisotopic (exact) mass is 251 g/mol. The van der Waals surface area contributed by atoms with Gasteiger partial charge in [-0.2, -0.15) is 0 Å². The van der Waals surface area contributed by atoms with Crippen molar-refractivity contribution in [1.82, 2.24) is 5.16 Å². The van der Waals surface area contributed by atoms with Gasteiger partial charge in [0, 0.05) is 10.6 Å². The van der Waals surface area contributed by atoms with Crippen LogP contribution < -0.4 is 0 Å². The molecule has 0 saturated heterocycles. The zero-order chi connectivity index (χ0) is 12.6. The van der Waals surface area contributed by atoms with Gasteiger partial charge in [-0.25, -0.2) is 4.79 Å². The first-order valence-corrected chi connectivity index (χ1v) is 5.34. The molecule has 5 heteroatoms. The lowest BCUT2D eigenvalue weighted by Crippen LogP contribution is -1.99. The average Bonchev–Trinajstić information content (AvgIpc) is 2.58. The van der Waals surface area contributed by atoms with Crippen molar-refractivity contribution < 1.29 is 14.4 Å². The van der Waals surface area contributed by atoms with E-state index in [0.29, 0.717) is 16.3 Å². The van der Waals surface area contributed by atoms with Crippen LogP contribution in [0.3, 0.4) is 0 Å². The SMILES string of the molecule is Cc1cc(Cl)cc(-c2noc(C)c2C(=O)O)c1. The highest BCUT2D eigenvalue weighted by atomic mass is 35.5. The smallest absolute Gasteiger partial charge is 0.341 e. The van der Waals surface area contributed by atoms with Gasteiger partial charge in [0.15, 0.2) is 0 Å². The summed E-state index contributed by atoms with van der Waals surface area (Å²) in [7, 11) is 0. The number of rotatable bonds is 2. The highest BCUT2D eigenvalue weighted by molar-refractivity contribution is 6.31. The summed E-state index contributed by atoms with van der Waals surface area (Å²) in [5.74, 6) is -0.776. The maximum absolute atomic E-state index is 11.1. The maximum Gasteiger partial charge on any atom is 0.341 e. The summed E-state index contributed by atoms with van der Waals surface area (Å²) in [5, 5.41) is 13.4. The van der Waals surface area contributed by atoms with Gasteiger partial charge < -0.3 is 9.63 Å². The van der Waals surface area contributed by atoms with E-state index in [9.17, 15) is 4.79 Å². The summed E-state index contributed by atoms with van der Waals surface area (Å²) in [6, 6.07) is 5.27. The van der Waals surface area contributed by atoms with Gasteiger partial charge in [-0.05, 0) is 37.6 Å². The summed E-state index contributed by atoms with van der Waals surface area (Å²) in [6.45, 7) is 3.44. The fraction of sp³-hybridized carbons (Fsp3) is 0.167. The van der Waals surface area contributed by atoms with Gasteiger partial charge in [0.1, 0.15) is 17.0 Å². The van der Waals surface area contributed by atoms with Crippen LogP contribution in [-0.4, -0.2) is 16.2 Å². The first kappa shape index (κ1) is 11.7. The van der Waals surface area contributed by atoms with Crippen LogP contribution in [0, 0.1) is 13.8 Å². The minimum absolute atomic E-state index is 0.0756.